The van der Waals surface area contributed by atoms with Gasteiger partial charge in [0.05, 0.1) is 29.9 Å². The Morgan fingerprint density at radius 2 is 1.78 bits per heavy atom. The molecule has 2 N–H and O–H groups in total. The monoisotopic (exact) mass is 392 g/mol. The third-order valence-electron chi connectivity index (χ3n) is 3.99. The Balaban J connectivity index is 2.34. The molecular formula is C19H24N2O5S. The lowest BCUT2D eigenvalue weighted by Crippen LogP contribution is -2.28. The van der Waals surface area contributed by atoms with Crippen molar-refractivity contribution in [2.24, 2.45) is 0 Å². The molecule has 0 aliphatic heterocycles. The van der Waals surface area contributed by atoms with Crippen LogP contribution in [0, 0.1) is 13.8 Å². The average Bonchev–Trinajstić information content (AvgIpc) is 2.63. The summed E-state index contributed by atoms with van der Waals surface area (Å²) in [4.78, 5) is 12.5. The third kappa shape index (κ3) is 4.99. The van der Waals surface area contributed by atoms with Crippen LogP contribution in [0.25, 0.3) is 0 Å². The number of hydrogen-bond donors (Lipinski definition) is 2. The van der Waals surface area contributed by atoms with Gasteiger partial charge < -0.3 is 14.8 Å². The fourth-order valence-corrected chi connectivity index (χ4v) is 4.00. The number of aryl methyl sites for hydroxylation is 2. The van der Waals surface area contributed by atoms with Gasteiger partial charge in [-0.05, 0) is 49.2 Å². The number of hydrogen-bond acceptors (Lipinski definition) is 5. The number of anilines is 1. The van der Waals surface area contributed by atoms with Crippen molar-refractivity contribution in [1.82, 2.24) is 5.32 Å². The molecule has 0 saturated heterocycles. The summed E-state index contributed by atoms with van der Waals surface area (Å²) in [7, 11) is -0.813. The Labute approximate surface area is 159 Å². The van der Waals surface area contributed by atoms with Crippen molar-refractivity contribution in [2.75, 3.05) is 32.1 Å². The van der Waals surface area contributed by atoms with Gasteiger partial charge in [0, 0.05) is 13.7 Å². The summed E-state index contributed by atoms with van der Waals surface area (Å²) in [6.45, 7) is 4.16. The van der Waals surface area contributed by atoms with Gasteiger partial charge in [-0.15, -0.1) is 0 Å². The number of benzene rings is 2. The van der Waals surface area contributed by atoms with Crippen molar-refractivity contribution in [3.8, 4) is 5.75 Å². The molecule has 2 rings (SSSR count). The molecule has 27 heavy (non-hydrogen) atoms. The first-order chi connectivity index (χ1) is 12.8. The van der Waals surface area contributed by atoms with Crippen LogP contribution in [0.1, 0.15) is 21.5 Å². The minimum Gasteiger partial charge on any atom is -0.496 e. The molecule has 0 saturated carbocycles. The van der Waals surface area contributed by atoms with Crippen molar-refractivity contribution in [2.45, 2.75) is 18.7 Å². The highest BCUT2D eigenvalue weighted by molar-refractivity contribution is 7.92. The van der Waals surface area contributed by atoms with Crippen molar-refractivity contribution in [1.29, 1.82) is 0 Å². The van der Waals surface area contributed by atoms with Crippen molar-refractivity contribution >= 4 is 21.6 Å². The van der Waals surface area contributed by atoms with Gasteiger partial charge in [0.25, 0.3) is 15.9 Å². The maximum absolute atomic E-state index is 12.9. The highest BCUT2D eigenvalue weighted by Crippen LogP contribution is 2.27. The summed E-state index contributed by atoms with van der Waals surface area (Å²) < 4.78 is 38.5. The van der Waals surface area contributed by atoms with E-state index in [1.165, 1.54) is 14.2 Å². The number of carbonyl (C=O) groups excluding carboxylic acids is 1. The quantitative estimate of drug-likeness (QED) is 0.673. The molecule has 8 heteroatoms. The molecule has 0 spiro atoms. The van der Waals surface area contributed by atoms with Gasteiger partial charge in [-0.2, -0.15) is 0 Å². The van der Waals surface area contributed by atoms with E-state index in [0.29, 0.717) is 30.0 Å². The Bertz CT molecular complexity index is 926. The lowest BCUT2D eigenvalue weighted by atomic mass is 10.1. The zero-order valence-electron chi connectivity index (χ0n) is 15.8. The summed E-state index contributed by atoms with van der Waals surface area (Å²) in [6, 6.07) is 9.67. The number of carbonyl (C=O) groups is 1. The fourth-order valence-electron chi connectivity index (χ4n) is 2.60. The minimum atomic E-state index is -3.88. The number of ether oxygens (including phenoxy) is 2. The normalized spacial score (nSPS) is 11.1. The van der Waals surface area contributed by atoms with E-state index in [2.05, 4.69) is 10.0 Å². The van der Waals surface area contributed by atoms with Crippen LogP contribution >= 0.6 is 0 Å². The second-order valence-electron chi connectivity index (χ2n) is 5.99. The van der Waals surface area contributed by atoms with Gasteiger partial charge in [-0.25, -0.2) is 8.42 Å². The molecule has 0 atom stereocenters. The highest BCUT2D eigenvalue weighted by Gasteiger charge is 2.21. The molecule has 0 aliphatic rings. The minimum absolute atomic E-state index is 0.135. The zero-order valence-corrected chi connectivity index (χ0v) is 16.6. The van der Waals surface area contributed by atoms with E-state index >= 15 is 0 Å². The Morgan fingerprint density at radius 3 is 2.44 bits per heavy atom. The fraction of sp³-hybridized carbons (Fsp3) is 0.316. The Morgan fingerprint density at radius 1 is 1.07 bits per heavy atom. The number of sulfonamides is 1. The first kappa shape index (κ1) is 20.7. The predicted molar refractivity (Wildman–Crippen MR) is 104 cm³/mol. The summed E-state index contributed by atoms with van der Waals surface area (Å²) >= 11 is 0. The van der Waals surface area contributed by atoms with E-state index in [4.69, 9.17) is 9.47 Å². The second kappa shape index (κ2) is 8.88. The number of methoxy groups -OCH3 is 2. The number of amides is 1. The number of rotatable bonds is 8. The molecule has 2 aromatic carbocycles. The number of nitrogens with one attached hydrogen (secondary N) is 2. The second-order valence-corrected chi connectivity index (χ2v) is 7.64. The van der Waals surface area contributed by atoms with E-state index in [0.717, 1.165) is 0 Å². The van der Waals surface area contributed by atoms with E-state index in [1.807, 2.05) is 0 Å². The van der Waals surface area contributed by atoms with Crippen molar-refractivity contribution in [3.63, 3.8) is 0 Å². The molecule has 0 radical (unpaired) electrons. The van der Waals surface area contributed by atoms with Crippen LogP contribution in [0.15, 0.2) is 41.3 Å². The van der Waals surface area contributed by atoms with Crippen LogP contribution < -0.4 is 14.8 Å². The summed E-state index contributed by atoms with van der Waals surface area (Å²) in [5, 5.41) is 2.69. The molecule has 1 amide bonds. The first-order valence-corrected chi connectivity index (χ1v) is 9.82. The lowest BCUT2D eigenvalue weighted by molar-refractivity contribution is 0.0938. The molecule has 0 aliphatic carbocycles. The average molecular weight is 392 g/mol. The molecule has 146 valence electrons. The molecule has 0 heterocycles. The largest absolute Gasteiger partial charge is 0.496 e. The summed E-state index contributed by atoms with van der Waals surface area (Å²) in [6.07, 6.45) is 0. The van der Waals surface area contributed by atoms with E-state index in [9.17, 15) is 13.2 Å². The predicted octanol–water partition coefficient (Wildman–Crippen LogP) is 2.49. The zero-order chi connectivity index (χ0) is 20.0. The maximum Gasteiger partial charge on any atom is 0.262 e. The molecule has 7 nitrogen and oxygen atoms in total. The molecule has 0 unspecified atom stereocenters. The van der Waals surface area contributed by atoms with Gasteiger partial charge in [-0.1, -0.05) is 12.1 Å². The smallest absolute Gasteiger partial charge is 0.262 e. The Kier molecular flexibility index (Phi) is 6.81. The van der Waals surface area contributed by atoms with Gasteiger partial charge in [0.1, 0.15) is 5.75 Å². The van der Waals surface area contributed by atoms with Gasteiger partial charge in [0.2, 0.25) is 0 Å². The molecule has 0 aromatic heterocycles. The van der Waals surface area contributed by atoms with Crippen LogP contribution in [0.3, 0.4) is 0 Å². The van der Waals surface area contributed by atoms with E-state index in [-0.39, 0.29) is 22.1 Å². The molecule has 2 aromatic rings. The van der Waals surface area contributed by atoms with Crippen LogP contribution in [0.5, 0.6) is 5.75 Å². The topological polar surface area (TPSA) is 93.7 Å². The third-order valence-corrected chi connectivity index (χ3v) is 5.50. The summed E-state index contributed by atoms with van der Waals surface area (Å²) in [5.74, 6) is 0.234. The maximum atomic E-state index is 12.9. The van der Waals surface area contributed by atoms with Crippen molar-refractivity contribution in [3.05, 3.63) is 53.1 Å². The van der Waals surface area contributed by atoms with Crippen LogP contribution in [0.2, 0.25) is 0 Å². The summed E-state index contributed by atoms with van der Waals surface area (Å²) in [5.41, 5.74) is 1.70. The Hall–Kier alpha value is -2.58. The first-order valence-electron chi connectivity index (χ1n) is 8.34. The van der Waals surface area contributed by atoms with Crippen LogP contribution in [-0.2, 0) is 14.8 Å². The highest BCUT2D eigenvalue weighted by atomic mass is 32.2. The molecule has 0 bridgehead atoms. The van der Waals surface area contributed by atoms with Gasteiger partial charge in [-0.3, -0.25) is 9.52 Å². The van der Waals surface area contributed by atoms with Crippen molar-refractivity contribution < 1.29 is 22.7 Å². The van der Waals surface area contributed by atoms with Crippen LogP contribution in [-0.4, -0.2) is 41.7 Å². The van der Waals surface area contributed by atoms with Crippen LogP contribution in [0.4, 0.5) is 5.69 Å². The van der Waals surface area contributed by atoms with Gasteiger partial charge in [0.15, 0.2) is 0 Å². The van der Waals surface area contributed by atoms with E-state index < -0.39 is 10.0 Å². The lowest BCUT2D eigenvalue weighted by Gasteiger charge is -2.15. The van der Waals surface area contributed by atoms with Gasteiger partial charge >= 0.3 is 0 Å². The standard InChI is InChI=1S/C19H24N2O5S/c1-13-12-18(14(2)11-17(13)26-4)27(23,24)21-16-8-6-5-7-15(16)19(22)20-9-10-25-3/h5-8,11-12,21H,9-10H2,1-4H3,(H,20,22). The molecular weight excluding hydrogens is 368 g/mol. The van der Waals surface area contributed by atoms with E-state index in [1.54, 1.807) is 50.2 Å². The number of para-hydroxylation sites is 1. The molecule has 0 fully saturated rings. The SMILES string of the molecule is COCCNC(=O)c1ccccc1NS(=O)(=O)c1cc(C)c(OC)cc1C.